The van der Waals surface area contributed by atoms with E-state index in [0.29, 0.717) is 31.9 Å². The fraction of sp³-hybridized carbons (Fsp3) is 0.381. The zero-order valence-electron chi connectivity index (χ0n) is 16.4. The molecular formula is C21H26N2O4S. The molecule has 0 unspecified atom stereocenters. The van der Waals surface area contributed by atoms with E-state index in [4.69, 9.17) is 4.74 Å². The Hall–Kier alpha value is -2.22. The first-order valence-corrected chi connectivity index (χ1v) is 10.8. The number of ether oxygens (including phenoxy) is 1. The van der Waals surface area contributed by atoms with Crippen LogP contribution in [0.5, 0.6) is 0 Å². The van der Waals surface area contributed by atoms with Gasteiger partial charge in [0.15, 0.2) is 0 Å². The van der Waals surface area contributed by atoms with E-state index in [-0.39, 0.29) is 16.7 Å². The molecule has 0 bridgehead atoms. The van der Waals surface area contributed by atoms with Gasteiger partial charge in [-0.2, -0.15) is 4.31 Å². The summed E-state index contributed by atoms with van der Waals surface area (Å²) >= 11 is 0. The lowest BCUT2D eigenvalue weighted by Crippen LogP contribution is -2.40. The summed E-state index contributed by atoms with van der Waals surface area (Å²) in [5, 5.41) is 2.98. The molecule has 1 N–H and O–H groups in total. The smallest absolute Gasteiger partial charge is 0.255 e. The van der Waals surface area contributed by atoms with Crippen molar-refractivity contribution in [3.05, 3.63) is 59.2 Å². The number of nitrogens with zero attached hydrogens (tertiary/aromatic N) is 1. The van der Waals surface area contributed by atoms with Crippen LogP contribution < -0.4 is 5.32 Å². The van der Waals surface area contributed by atoms with Crippen molar-refractivity contribution in [2.75, 3.05) is 31.6 Å². The Morgan fingerprint density at radius 1 is 1.07 bits per heavy atom. The molecule has 7 heteroatoms. The molecule has 6 nitrogen and oxygen atoms in total. The van der Waals surface area contributed by atoms with E-state index in [1.807, 2.05) is 25.1 Å². The maximum absolute atomic E-state index is 12.7. The predicted octanol–water partition coefficient (Wildman–Crippen LogP) is 3.39. The van der Waals surface area contributed by atoms with Crippen molar-refractivity contribution in [1.29, 1.82) is 0 Å². The summed E-state index contributed by atoms with van der Waals surface area (Å²) in [6.45, 7) is 7.60. The molecule has 1 aliphatic rings. The first kappa shape index (κ1) is 20.5. The van der Waals surface area contributed by atoms with E-state index in [9.17, 15) is 13.2 Å². The number of anilines is 1. The third kappa shape index (κ3) is 4.27. The fourth-order valence-electron chi connectivity index (χ4n) is 3.24. The number of benzene rings is 2. The number of carbonyl (C=O) groups excluding carboxylic acids is 1. The van der Waals surface area contributed by atoms with Crippen molar-refractivity contribution in [2.45, 2.75) is 31.6 Å². The molecule has 1 saturated heterocycles. The van der Waals surface area contributed by atoms with Gasteiger partial charge in [0.05, 0.1) is 18.1 Å². The van der Waals surface area contributed by atoms with Crippen molar-refractivity contribution < 1.29 is 17.9 Å². The van der Waals surface area contributed by atoms with Crippen LogP contribution in [0.1, 0.15) is 41.3 Å². The van der Waals surface area contributed by atoms with Crippen LogP contribution in [-0.2, 0) is 14.8 Å². The summed E-state index contributed by atoms with van der Waals surface area (Å²) in [4.78, 5) is 12.9. The summed E-state index contributed by atoms with van der Waals surface area (Å²) in [5.74, 6) is 0.0164. The van der Waals surface area contributed by atoms with E-state index in [1.54, 1.807) is 12.1 Å². The number of nitrogens with one attached hydrogen (secondary N) is 1. The van der Waals surface area contributed by atoms with Crippen molar-refractivity contribution >= 4 is 21.6 Å². The van der Waals surface area contributed by atoms with Crippen molar-refractivity contribution in [1.82, 2.24) is 4.31 Å². The van der Waals surface area contributed by atoms with E-state index >= 15 is 0 Å². The van der Waals surface area contributed by atoms with E-state index < -0.39 is 10.0 Å². The average Bonchev–Trinajstić information content (AvgIpc) is 2.70. The Bertz CT molecular complexity index is 947. The highest BCUT2D eigenvalue weighted by molar-refractivity contribution is 7.89. The molecule has 1 heterocycles. The zero-order chi connectivity index (χ0) is 20.3. The summed E-state index contributed by atoms with van der Waals surface area (Å²) in [6.07, 6.45) is 0. The predicted molar refractivity (Wildman–Crippen MR) is 109 cm³/mol. The Labute approximate surface area is 166 Å². The average molecular weight is 403 g/mol. The number of aryl methyl sites for hydroxylation is 1. The highest BCUT2D eigenvalue weighted by atomic mass is 32.2. The molecule has 1 aliphatic heterocycles. The maximum atomic E-state index is 12.7. The minimum absolute atomic E-state index is 0.185. The highest BCUT2D eigenvalue weighted by Crippen LogP contribution is 2.28. The second-order valence-corrected chi connectivity index (χ2v) is 9.13. The van der Waals surface area contributed by atoms with Gasteiger partial charge in [0.2, 0.25) is 10.0 Å². The van der Waals surface area contributed by atoms with E-state index in [1.165, 1.54) is 16.4 Å². The van der Waals surface area contributed by atoms with Crippen LogP contribution in [0.15, 0.2) is 47.4 Å². The van der Waals surface area contributed by atoms with E-state index in [0.717, 1.165) is 16.8 Å². The van der Waals surface area contributed by atoms with Gasteiger partial charge in [0, 0.05) is 24.3 Å². The van der Waals surface area contributed by atoms with Gasteiger partial charge >= 0.3 is 0 Å². The van der Waals surface area contributed by atoms with Crippen LogP contribution in [0.3, 0.4) is 0 Å². The molecule has 0 atom stereocenters. The number of hydrogen-bond acceptors (Lipinski definition) is 4. The lowest BCUT2D eigenvalue weighted by Gasteiger charge is -2.26. The number of para-hydroxylation sites is 1. The van der Waals surface area contributed by atoms with Gasteiger partial charge in [-0.15, -0.1) is 0 Å². The fourth-order valence-corrected chi connectivity index (χ4v) is 4.65. The molecule has 150 valence electrons. The second-order valence-electron chi connectivity index (χ2n) is 7.19. The molecule has 0 spiro atoms. The van der Waals surface area contributed by atoms with Crippen LogP contribution in [-0.4, -0.2) is 44.9 Å². The number of morpholine rings is 1. The third-order valence-electron chi connectivity index (χ3n) is 4.89. The van der Waals surface area contributed by atoms with Gasteiger partial charge < -0.3 is 10.1 Å². The number of carbonyl (C=O) groups is 1. The molecule has 0 radical (unpaired) electrons. The quantitative estimate of drug-likeness (QED) is 0.832. The topological polar surface area (TPSA) is 75.7 Å². The standard InChI is InChI=1S/C21H26N2O4S/c1-15(2)19-6-4-5-16(3)20(19)22-21(24)17-7-9-18(10-8-17)28(25,26)23-11-13-27-14-12-23/h4-10,15H,11-14H2,1-3H3,(H,22,24). The zero-order valence-corrected chi connectivity index (χ0v) is 17.3. The van der Waals surface area contributed by atoms with Crippen molar-refractivity contribution in [3.63, 3.8) is 0 Å². The Kier molecular flexibility index (Phi) is 6.17. The summed E-state index contributed by atoms with van der Waals surface area (Å²) in [6, 6.07) is 12.0. The van der Waals surface area contributed by atoms with Gasteiger partial charge in [-0.1, -0.05) is 32.0 Å². The summed E-state index contributed by atoms with van der Waals surface area (Å²) in [5.41, 5.74) is 3.29. The highest BCUT2D eigenvalue weighted by Gasteiger charge is 2.26. The molecular weight excluding hydrogens is 376 g/mol. The number of sulfonamides is 1. The van der Waals surface area contributed by atoms with Crippen molar-refractivity contribution in [3.8, 4) is 0 Å². The largest absolute Gasteiger partial charge is 0.379 e. The first-order chi connectivity index (χ1) is 13.3. The molecule has 28 heavy (non-hydrogen) atoms. The minimum Gasteiger partial charge on any atom is -0.379 e. The molecule has 0 aromatic heterocycles. The van der Waals surface area contributed by atoms with Gasteiger partial charge in [0.25, 0.3) is 5.91 Å². The number of rotatable bonds is 5. The SMILES string of the molecule is Cc1cccc(C(C)C)c1NC(=O)c1ccc(S(=O)(=O)N2CCOCC2)cc1. The molecule has 2 aromatic carbocycles. The van der Waals surface area contributed by atoms with Crippen LogP contribution >= 0.6 is 0 Å². The number of amides is 1. The van der Waals surface area contributed by atoms with Gasteiger partial charge in [-0.3, -0.25) is 4.79 Å². The van der Waals surface area contributed by atoms with Gasteiger partial charge in [-0.25, -0.2) is 8.42 Å². The molecule has 0 aliphatic carbocycles. The molecule has 0 saturated carbocycles. The lowest BCUT2D eigenvalue weighted by atomic mass is 9.98. The minimum atomic E-state index is -3.57. The van der Waals surface area contributed by atoms with Crippen molar-refractivity contribution in [2.24, 2.45) is 0 Å². The van der Waals surface area contributed by atoms with Gasteiger partial charge in [-0.05, 0) is 48.2 Å². The molecule has 1 fully saturated rings. The Morgan fingerprint density at radius 2 is 1.71 bits per heavy atom. The maximum Gasteiger partial charge on any atom is 0.255 e. The molecule has 3 rings (SSSR count). The number of hydrogen-bond donors (Lipinski definition) is 1. The summed E-state index contributed by atoms with van der Waals surface area (Å²) in [7, 11) is -3.57. The first-order valence-electron chi connectivity index (χ1n) is 9.39. The van der Waals surface area contributed by atoms with E-state index in [2.05, 4.69) is 19.2 Å². The monoisotopic (exact) mass is 402 g/mol. The second kappa shape index (κ2) is 8.43. The molecule has 1 amide bonds. The lowest BCUT2D eigenvalue weighted by molar-refractivity contribution is 0.0730. The summed E-state index contributed by atoms with van der Waals surface area (Å²) < 4.78 is 32.0. The van der Waals surface area contributed by atoms with Gasteiger partial charge in [0.1, 0.15) is 0 Å². The normalized spacial score (nSPS) is 15.6. The Morgan fingerprint density at radius 3 is 2.32 bits per heavy atom. The van der Waals surface area contributed by atoms with Crippen LogP contribution in [0, 0.1) is 6.92 Å². The van der Waals surface area contributed by atoms with Crippen LogP contribution in [0.25, 0.3) is 0 Å². The van der Waals surface area contributed by atoms with Crippen LogP contribution in [0.2, 0.25) is 0 Å². The Balaban J connectivity index is 1.80. The molecule has 2 aromatic rings. The van der Waals surface area contributed by atoms with Crippen LogP contribution in [0.4, 0.5) is 5.69 Å². The third-order valence-corrected chi connectivity index (χ3v) is 6.80.